The minimum atomic E-state index is -2.20. The first-order valence-electron chi connectivity index (χ1n) is 25.0. The van der Waals surface area contributed by atoms with Crippen LogP contribution in [0.4, 0.5) is 0 Å². The van der Waals surface area contributed by atoms with Crippen LogP contribution in [-0.4, -0.2) is 370 Å². The molecule has 15 aliphatic rings. The second-order valence-corrected chi connectivity index (χ2v) is 19.9. The normalized spacial score (nSPS) is 54.8. The van der Waals surface area contributed by atoms with Crippen LogP contribution in [0.1, 0.15) is 0 Å². The topological polar surface area (TPSA) is 543 Å². The Labute approximate surface area is 441 Å². The Morgan fingerprint density at radius 2 is 0.372 bits per heavy atom. The Morgan fingerprint density at radius 1 is 0.218 bits per heavy atom. The zero-order valence-electron chi connectivity index (χ0n) is 41.2. The van der Waals surface area contributed by atoms with Crippen LogP contribution in [0.2, 0.25) is 0 Å². The van der Waals surface area contributed by atoms with Crippen molar-refractivity contribution >= 4 is 0 Å². The predicted octanol–water partition coefficient (Wildman–Crippen LogP) is -14.6. The van der Waals surface area contributed by atoms with Gasteiger partial charge in [-0.1, -0.05) is 0 Å². The molecule has 0 spiro atoms. The van der Waals surface area contributed by atoms with Gasteiger partial charge in [-0.05, 0) is 0 Å². The van der Waals surface area contributed by atoms with Crippen molar-refractivity contribution in [2.24, 2.45) is 0 Å². The minimum absolute atomic E-state index is 0.988. The summed E-state index contributed by atoms with van der Waals surface area (Å²) in [7, 11) is 1.06. The molecule has 0 radical (unpaired) electrons. The zero-order valence-corrected chi connectivity index (χ0v) is 41.2. The summed E-state index contributed by atoms with van der Waals surface area (Å²) in [5, 5.41) is 220. The van der Waals surface area contributed by atoms with E-state index in [1.54, 1.807) is 0 Å². The average Bonchev–Trinajstić information content (AvgIpc) is 3.48. The van der Waals surface area contributed by atoms with Gasteiger partial charge in [0.05, 0.1) is 46.2 Å². The van der Waals surface area contributed by atoms with Crippen LogP contribution in [0.5, 0.6) is 0 Å². The quantitative estimate of drug-likeness (QED) is 0.107. The fourth-order valence-electron chi connectivity index (χ4n) is 10.7. The molecule has 0 unspecified atom stereocenters. The molecule has 0 aliphatic carbocycles. The lowest BCUT2D eigenvalue weighted by atomic mass is 9.95. The van der Waals surface area contributed by atoms with Gasteiger partial charge in [0.25, 0.3) is 0 Å². The van der Waals surface area contributed by atoms with Crippen LogP contribution in [0.15, 0.2) is 0 Å². The fourth-order valence-corrected chi connectivity index (χ4v) is 10.7. The first-order chi connectivity index (χ1) is 37.2. The van der Waals surface area contributed by atoms with E-state index in [-0.39, 0.29) is 0 Å². The van der Waals surface area contributed by atoms with Gasteiger partial charge in [0, 0.05) is 7.11 Å². The molecule has 35 atom stereocenters. The van der Waals surface area contributed by atoms with Gasteiger partial charge < -0.3 is 173 Å². The molecule has 15 heterocycles. The third kappa shape index (κ3) is 12.1. The number of aliphatic hydroxyl groups excluding tert-OH is 20. The van der Waals surface area contributed by atoms with E-state index in [0.29, 0.717) is 0 Å². The Kier molecular flexibility index (Phi) is 21.4. The molecule has 0 aromatic carbocycles. The second kappa shape index (κ2) is 26.7. The fraction of sp³-hybridized carbons (Fsp3) is 1.00. The summed E-state index contributed by atoms with van der Waals surface area (Å²) in [5.74, 6) is 0. The highest BCUT2D eigenvalue weighted by Gasteiger charge is 2.59. The number of fused-ring (bicyclic) bond motifs is 7. The van der Waals surface area contributed by atoms with Crippen molar-refractivity contribution in [1.82, 2.24) is 0 Å². The summed E-state index contributed by atoms with van der Waals surface area (Å²) >= 11 is 0. The molecule has 15 rings (SSSR count). The van der Waals surface area contributed by atoms with Crippen LogP contribution in [-0.2, 0) is 71.1 Å². The van der Waals surface area contributed by atoms with Gasteiger partial charge in [0.15, 0.2) is 44.0 Å². The molecule has 15 saturated heterocycles. The third-order valence-electron chi connectivity index (χ3n) is 15.0. The van der Waals surface area contributed by atoms with Gasteiger partial charge in [-0.15, -0.1) is 0 Å². The second-order valence-electron chi connectivity index (χ2n) is 19.9. The highest BCUT2D eigenvalue weighted by molar-refractivity contribution is 5.02. The molecule has 0 aromatic heterocycles. The molecule has 0 aromatic rings. The lowest BCUT2D eigenvalue weighted by Crippen LogP contribution is -2.68. The van der Waals surface area contributed by atoms with Crippen molar-refractivity contribution in [3.63, 3.8) is 0 Å². The largest absolute Gasteiger partial charge is 0.394 e. The first kappa shape index (κ1) is 62.6. The van der Waals surface area contributed by atoms with E-state index in [0.717, 1.165) is 7.11 Å². The Balaban J connectivity index is 1.08. The zero-order chi connectivity index (χ0) is 56.8. The van der Waals surface area contributed by atoms with Gasteiger partial charge in [0.2, 0.25) is 0 Å². The van der Waals surface area contributed by atoms with Crippen LogP contribution < -0.4 is 0 Å². The van der Waals surface area contributed by atoms with Crippen molar-refractivity contribution in [2.75, 3.05) is 53.4 Å². The maximum Gasteiger partial charge on any atom is 0.187 e. The van der Waals surface area contributed by atoms with Crippen molar-refractivity contribution in [1.29, 1.82) is 0 Å². The van der Waals surface area contributed by atoms with E-state index in [9.17, 15) is 102 Å². The Morgan fingerprint density at radius 3 is 0.538 bits per heavy atom. The highest BCUT2D eigenvalue weighted by Crippen LogP contribution is 2.39. The molecule has 78 heavy (non-hydrogen) atoms. The molecule has 14 bridgehead atoms. The Hall–Kier alpha value is -1.40. The van der Waals surface area contributed by atoms with Crippen LogP contribution in [0.3, 0.4) is 0 Å². The maximum absolute atomic E-state index is 11.6. The lowest BCUT2D eigenvalue weighted by molar-refractivity contribution is -0.397. The average molecular weight is 1150 g/mol. The summed E-state index contributed by atoms with van der Waals surface area (Å²) in [6.45, 7) is -7.16. The van der Waals surface area contributed by atoms with Gasteiger partial charge in [-0.3, -0.25) is 0 Å². The summed E-state index contributed by atoms with van der Waals surface area (Å²) < 4.78 is 85.8. The smallest absolute Gasteiger partial charge is 0.187 e. The monoisotopic (exact) mass is 1150 g/mol. The molecular weight excluding hydrogens is 1080 g/mol. The molecular formula is C43H72O35. The summed E-state index contributed by atoms with van der Waals surface area (Å²) in [5.41, 5.74) is 0. The maximum atomic E-state index is 11.6. The molecule has 35 heteroatoms. The summed E-state index contributed by atoms with van der Waals surface area (Å²) in [6, 6.07) is 0. The van der Waals surface area contributed by atoms with Gasteiger partial charge in [-0.25, -0.2) is 0 Å². The number of ether oxygens (including phenoxy) is 15. The van der Waals surface area contributed by atoms with Gasteiger partial charge in [0.1, 0.15) is 171 Å². The van der Waals surface area contributed by atoms with E-state index in [2.05, 4.69) is 0 Å². The van der Waals surface area contributed by atoms with E-state index in [1.165, 1.54) is 0 Å². The SMILES string of the molecule is CO[C@H]1[C@H]2O[C@@H]3[C@@H](O)[C@@H](O)[C@@H](O[C@@H]4[C@@H](O)[C@@H](O)[C@@H](O[C@@H]5[C@@H](O)[C@@H](O)[C@@H](O[C@@H]6[C@@H](O)[C@@H](O)[C@@H](O[C@@H]7[C@@H](O)[C@@H](O)[C@@H](O[C@@H]8[C@@H](O)[C@@H](O)[C@@H](O[C@H]([C@@H]1O)[C@@H](CO)O2)O[C@@H]8CO)O[C@@H]7CO)O[C@@H]6CO)O[C@@H]5CO)O[C@@H]4CO)O[C@@H]3CO. The summed E-state index contributed by atoms with van der Waals surface area (Å²) in [4.78, 5) is 0. The van der Waals surface area contributed by atoms with Crippen LogP contribution in [0, 0.1) is 0 Å². The third-order valence-corrected chi connectivity index (χ3v) is 15.0. The predicted molar refractivity (Wildman–Crippen MR) is 233 cm³/mol. The van der Waals surface area contributed by atoms with Crippen molar-refractivity contribution in [3.05, 3.63) is 0 Å². The number of hydrogen-bond acceptors (Lipinski definition) is 35. The number of rotatable bonds is 8. The van der Waals surface area contributed by atoms with Crippen molar-refractivity contribution in [2.45, 2.75) is 215 Å². The van der Waals surface area contributed by atoms with Crippen molar-refractivity contribution < 1.29 is 173 Å². The van der Waals surface area contributed by atoms with E-state index in [4.69, 9.17) is 71.1 Å². The lowest BCUT2D eigenvalue weighted by Gasteiger charge is -2.50. The molecule has 454 valence electrons. The first-order valence-corrected chi connectivity index (χ1v) is 25.0. The standard InChI is InChI=1S/C43H72O35/c1-64-36-28(63)35-15(8-50)71-43(36)78-34-14(7-49)70-41(27(62)21(34)56)76-32-12(5-47)68-39(25(60)19(32)54)74-30-10(3-45)66-37(23(58)17(30)52)72-29-9(2-44)65-38(22(57)16(29)51)73-31-11(4-46)67-40(24(59)18(31)53)75-33-13(6-48)69-42(77-35)26(61)20(33)55/h9-63H,2-8H2,1H3/t9-,10-,11-,12-,13-,14-,15-,16+,17+,18+,19+,20+,21+,22-,23-,24-,25-,26-,27-,28+,29+,30+,31+,32+,33+,34+,35+,36-,37-,38-,39-,40-,41-,42-,43-/m1/s1. The van der Waals surface area contributed by atoms with E-state index >= 15 is 0 Å². The molecule has 0 amide bonds. The van der Waals surface area contributed by atoms with Crippen LogP contribution >= 0.6 is 0 Å². The molecule has 0 saturated carbocycles. The van der Waals surface area contributed by atoms with E-state index < -0.39 is 261 Å². The summed E-state index contributed by atoms with van der Waals surface area (Å²) in [6.07, 6.45) is -68.4. The van der Waals surface area contributed by atoms with E-state index in [1.807, 2.05) is 0 Å². The number of methoxy groups -OCH3 is 1. The minimum Gasteiger partial charge on any atom is -0.394 e. The van der Waals surface area contributed by atoms with Crippen LogP contribution in [0.25, 0.3) is 0 Å². The Bertz CT molecular complexity index is 1840. The number of aliphatic hydroxyl groups is 20. The number of hydrogen-bond donors (Lipinski definition) is 20. The molecule has 15 fully saturated rings. The van der Waals surface area contributed by atoms with Gasteiger partial charge >= 0.3 is 0 Å². The highest BCUT2D eigenvalue weighted by atomic mass is 16.8. The molecule has 15 aliphatic heterocycles. The van der Waals surface area contributed by atoms with Gasteiger partial charge in [-0.2, -0.15) is 0 Å². The molecule has 35 nitrogen and oxygen atoms in total. The van der Waals surface area contributed by atoms with Crippen molar-refractivity contribution in [3.8, 4) is 0 Å². The molecule has 20 N–H and O–H groups in total.